The largest absolute Gasteiger partial charge is 0.408 e. The van der Waals surface area contributed by atoms with Gasteiger partial charge in [0.2, 0.25) is 5.91 Å². The van der Waals surface area contributed by atoms with E-state index in [1.54, 1.807) is 12.2 Å². The third kappa shape index (κ3) is 4.30. The lowest BCUT2D eigenvalue weighted by Crippen LogP contribution is -2.50. The highest BCUT2D eigenvalue weighted by atomic mass is 19.4. The first kappa shape index (κ1) is 26.9. The summed E-state index contributed by atoms with van der Waals surface area (Å²) < 4.78 is 68.3. The third-order valence-corrected chi connectivity index (χ3v) is 7.64. The molecule has 2 amide bonds. The average Bonchev–Trinajstić information content (AvgIpc) is 3.66. The highest BCUT2D eigenvalue weighted by molar-refractivity contribution is 6.30. The van der Waals surface area contributed by atoms with Gasteiger partial charge in [0.25, 0.3) is 5.91 Å². The molecule has 3 aliphatic heterocycles. The van der Waals surface area contributed by atoms with Crippen LogP contribution in [0.15, 0.2) is 40.9 Å². The number of hydrogen-bond donors (Lipinski definition) is 2. The maximum atomic E-state index is 14.8. The zero-order chi connectivity index (χ0) is 28.4. The van der Waals surface area contributed by atoms with Crippen LogP contribution in [0.4, 0.5) is 27.8 Å². The van der Waals surface area contributed by atoms with Crippen LogP contribution in [0.5, 0.6) is 0 Å². The second-order valence-electron chi connectivity index (χ2n) is 10.0. The van der Waals surface area contributed by atoms with Crippen molar-refractivity contribution >= 4 is 29.3 Å². The standard InChI is InChI=1S/C25H24F5N5O4/c1-3-16(25(28,29)30)32-22(38)14-10-34(21-15(27)8-12(26)9-31-21)20-13(18(14)36)4-5-17(33-20)35-11(2)19(37)24(6-7-24)23(35)39/h5,8-11,13,16,19,37H,3-4,6-7H2,1-2H3,(H,32,38)/t11?,13?,16-,19?/m0/s1. The number of nitrogens with one attached hydrogen (secondary N) is 1. The Balaban J connectivity index is 1.56. The van der Waals surface area contributed by atoms with Crippen molar-refractivity contribution in [2.75, 3.05) is 4.90 Å². The molecule has 208 valence electrons. The summed E-state index contributed by atoms with van der Waals surface area (Å²) in [4.78, 5) is 49.6. The van der Waals surface area contributed by atoms with Crippen LogP contribution in [0, 0.1) is 23.0 Å². The summed E-state index contributed by atoms with van der Waals surface area (Å²) in [5, 5.41) is 12.4. The van der Waals surface area contributed by atoms with Gasteiger partial charge in [0.15, 0.2) is 17.4 Å². The molecule has 1 aliphatic carbocycles. The van der Waals surface area contributed by atoms with Gasteiger partial charge in [-0.3, -0.25) is 24.2 Å². The number of aliphatic imine (C=N–C) groups is 1. The Morgan fingerprint density at radius 1 is 1.28 bits per heavy atom. The summed E-state index contributed by atoms with van der Waals surface area (Å²) in [5.41, 5.74) is -1.59. The van der Waals surface area contributed by atoms with E-state index >= 15 is 0 Å². The van der Waals surface area contributed by atoms with Crippen molar-refractivity contribution in [1.29, 1.82) is 0 Å². The van der Waals surface area contributed by atoms with Gasteiger partial charge >= 0.3 is 6.18 Å². The summed E-state index contributed by atoms with van der Waals surface area (Å²) >= 11 is 0. The lowest BCUT2D eigenvalue weighted by atomic mass is 9.87. The van der Waals surface area contributed by atoms with E-state index in [-0.39, 0.29) is 24.0 Å². The molecule has 9 nitrogen and oxygen atoms in total. The van der Waals surface area contributed by atoms with Gasteiger partial charge in [0, 0.05) is 12.3 Å². The molecule has 1 saturated heterocycles. The van der Waals surface area contributed by atoms with Crippen molar-refractivity contribution in [2.24, 2.45) is 16.3 Å². The number of hydrogen-bond acceptors (Lipinski definition) is 7. The van der Waals surface area contributed by atoms with E-state index in [2.05, 4.69) is 9.98 Å². The molecule has 0 aromatic carbocycles. The molecular weight excluding hydrogens is 529 g/mol. The first-order chi connectivity index (χ1) is 18.3. The number of pyridine rings is 1. The second-order valence-corrected chi connectivity index (χ2v) is 10.0. The van der Waals surface area contributed by atoms with E-state index in [1.165, 1.54) is 17.9 Å². The van der Waals surface area contributed by atoms with Gasteiger partial charge in [-0.2, -0.15) is 13.2 Å². The van der Waals surface area contributed by atoms with Gasteiger partial charge < -0.3 is 10.4 Å². The zero-order valence-electron chi connectivity index (χ0n) is 20.8. The number of alkyl halides is 3. The molecule has 3 unspecified atom stereocenters. The van der Waals surface area contributed by atoms with Crippen molar-refractivity contribution in [3.63, 3.8) is 0 Å². The Hall–Kier alpha value is -3.68. The van der Waals surface area contributed by atoms with E-state index in [0.717, 1.165) is 11.1 Å². The highest BCUT2D eigenvalue weighted by Crippen LogP contribution is 2.56. The lowest BCUT2D eigenvalue weighted by molar-refractivity contribution is -0.161. The van der Waals surface area contributed by atoms with Crippen molar-refractivity contribution in [3.8, 4) is 0 Å². The Labute approximate surface area is 219 Å². The molecule has 1 aromatic rings. The fraction of sp³-hybridized carbons (Fsp3) is 0.480. The fourth-order valence-electron chi connectivity index (χ4n) is 5.30. The van der Waals surface area contributed by atoms with Crippen LogP contribution < -0.4 is 10.2 Å². The predicted molar refractivity (Wildman–Crippen MR) is 126 cm³/mol. The number of fused-ring (bicyclic) bond motifs is 1. The number of halogens is 5. The average molecular weight is 553 g/mol. The number of allylic oxidation sites excluding steroid dienone is 1. The normalized spacial score (nSPS) is 26.7. The number of aliphatic hydroxyl groups excluding tert-OH is 1. The summed E-state index contributed by atoms with van der Waals surface area (Å²) in [6.45, 7) is 2.85. The topological polar surface area (TPSA) is 115 Å². The van der Waals surface area contributed by atoms with Gasteiger partial charge in [0.1, 0.15) is 23.5 Å². The molecule has 1 aromatic heterocycles. The first-order valence-corrected chi connectivity index (χ1v) is 12.3. The minimum atomic E-state index is -4.77. The predicted octanol–water partition coefficient (Wildman–Crippen LogP) is 2.72. The van der Waals surface area contributed by atoms with Crippen molar-refractivity contribution < 1.29 is 41.4 Å². The monoisotopic (exact) mass is 553 g/mol. The van der Waals surface area contributed by atoms with Gasteiger partial charge in [-0.15, -0.1) is 0 Å². The number of aromatic nitrogens is 1. The highest BCUT2D eigenvalue weighted by Gasteiger charge is 2.65. The van der Waals surface area contributed by atoms with E-state index in [0.29, 0.717) is 25.1 Å². The van der Waals surface area contributed by atoms with Crippen LogP contribution in [0.1, 0.15) is 39.5 Å². The number of likely N-dealkylation sites (tertiary alicyclic amines) is 1. The fourth-order valence-corrected chi connectivity index (χ4v) is 5.30. The summed E-state index contributed by atoms with van der Waals surface area (Å²) in [7, 11) is 0. The number of rotatable bonds is 5. The van der Waals surface area contributed by atoms with Crippen molar-refractivity contribution in [1.82, 2.24) is 15.2 Å². The van der Waals surface area contributed by atoms with Crippen LogP contribution in [0.2, 0.25) is 0 Å². The number of aliphatic hydroxyl groups is 1. The number of carbonyl (C=O) groups excluding carboxylic acids is 3. The molecule has 14 heteroatoms. The smallest absolute Gasteiger partial charge is 0.390 e. The SMILES string of the molecule is CC[C@H](NC(=O)C1=CN(c2ncc(F)cc2F)C2=NC(N3C(=O)C4(CC4)C(O)C3C)=CCC2C1=O)C(F)(F)F. The van der Waals surface area contributed by atoms with Crippen LogP contribution in [-0.4, -0.2) is 62.8 Å². The molecule has 5 rings (SSSR count). The molecular formula is C25H24F5N5O4. The van der Waals surface area contributed by atoms with Crippen molar-refractivity contribution in [3.05, 3.63) is 47.6 Å². The second kappa shape index (κ2) is 9.21. The first-order valence-electron chi connectivity index (χ1n) is 12.3. The minimum Gasteiger partial charge on any atom is -0.390 e. The lowest BCUT2D eigenvalue weighted by Gasteiger charge is -2.36. The molecule has 1 saturated carbocycles. The number of amides is 2. The molecule has 4 aliphatic rings. The minimum absolute atomic E-state index is 0.0892. The number of amidine groups is 1. The van der Waals surface area contributed by atoms with E-state index < -0.39 is 76.8 Å². The maximum Gasteiger partial charge on any atom is 0.408 e. The molecule has 0 bridgehead atoms. The van der Waals surface area contributed by atoms with Gasteiger partial charge in [-0.05, 0) is 38.7 Å². The van der Waals surface area contributed by atoms with E-state index in [9.17, 15) is 41.4 Å². The molecule has 1 spiro atoms. The van der Waals surface area contributed by atoms with E-state index in [4.69, 9.17) is 0 Å². The van der Waals surface area contributed by atoms with Gasteiger partial charge in [0.05, 0.1) is 35.2 Å². The number of anilines is 1. The van der Waals surface area contributed by atoms with Crippen LogP contribution in [0.3, 0.4) is 0 Å². The zero-order valence-corrected chi connectivity index (χ0v) is 20.8. The summed E-state index contributed by atoms with van der Waals surface area (Å²) in [5.74, 6) is -6.57. The van der Waals surface area contributed by atoms with Crippen LogP contribution in [0.25, 0.3) is 0 Å². The number of ketones is 1. The quantitative estimate of drug-likeness (QED) is 0.428. The van der Waals surface area contributed by atoms with Crippen LogP contribution in [-0.2, 0) is 14.4 Å². The molecule has 4 heterocycles. The molecule has 2 fully saturated rings. The van der Waals surface area contributed by atoms with Gasteiger partial charge in [-0.1, -0.05) is 6.92 Å². The maximum absolute atomic E-state index is 14.8. The van der Waals surface area contributed by atoms with Gasteiger partial charge in [-0.25, -0.2) is 18.8 Å². The Morgan fingerprint density at radius 3 is 2.54 bits per heavy atom. The van der Waals surface area contributed by atoms with Crippen LogP contribution >= 0.6 is 0 Å². The summed E-state index contributed by atoms with van der Waals surface area (Å²) in [6, 6.07) is -2.37. The van der Waals surface area contributed by atoms with Crippen molar-refractivity contribution in [2.45, 2.75) is 63.9 Å². The van der Waals surface area contributed by atoms with E-state index in [1.807, 2.05) is 0 Å². The Bertz CT molecular complexity index is 1350. The third-order valence-electron chi connectivity index (χ3n) is 7.64. The molecule has 39 heavy (non-hydrogen) atoms. The molecule has 0 radical (unpaired) electrons. The molecule has 4 atom stereocenters. The molecule has 2 N–H and O–H groups in total. The summed E-state index contributed by atoms with van der Waals surface area (Å²) in [6.07, 6.45) is -2.38. The number of carbonyl (C=O) groups is 3. The number of Topliss-reactive ketones (excluding diaryl/α,β-unsaturated/α-hetero) is 1. The number of nitrogens with zero attached hydrogens (tertiary/aromatic N) is 4. The Kier molecular flexibility index (Phi) is 6.35. The Morgan fingerprint density at radius 2 is 1.97 bits per heavy atom.